The van der Waals surface area contributed by atoms with Crippen LogP contribution in [-0.4, -0.2) is 71.7 Å². The summed E-state index contributed by atoms with van der Waals surface area (Å²) in [5.74, 6) is -0.497. The summed E-state index contributed by atoms with van der Waals surface area (Å²) < 4.78 is 5.77. The topological polar surface area (TPSA) is 70.1 Å². The van der Waals surface area contributed by atoms with Gasteiger partial charge in [0.25, 0.3) is 0 Å². The predicted octanol–water partition coefficient (Wildman–Crippen LogP) is 0.665. The maximum Gasteiger partial charge on any atom is 0.317 e. The molecule has 0 aliphatic carbocycles. The minimum atomic E-state index is -0.810. The van der Waals surface area contributed by atoms with E-state index >= 15 is 0 Å². The van der Waals surface area contributed by atoms with Gasteiger partial charge < -0.3 is 14.7 Å². The first-order valence-corrected chi connectivity index (χ1v) is 7.78. The first kappa shape index (κ1) is 16.2. The van der Waals surface area contributed by atoms with Gasteiger partial charge in [0.05, 0.1) is 24.7 Å². The average molecular weight is 298 g/mol. The lowest BCUT2D eigenvalue weighted by atomic mass is 9.88. The van der Waals surface area contributed by atoms with E-state index in [9.17, 15) is 9.59 Å². The molecule has 0 spiro atoms. The molecule has 2 heterocycles. The van der Waals surface area contributed by atoms with Crippen LogP contribution in [0.15, 0.2) is 0 Å². The molecule has 0 aromatic carbocycles. The Kier molecular flexibility index (Phi) is 5.22. The van der Waals surface area contributed by atoms with Gasteiger partial charge in [-0.2, -0.15) is 0 Å². The second kappa shape index (κ2) is 6.75. The summed E-state index contributed by atoms with van der Waals surface area (Å²) in [6.45, 7) is 8.80. The fourth-order valence-corrected chi connectivity index (χ4v) is 3.44. The quantitative estimate of drug-likeness (QED) is 0.829. The van der Waals surface area contributed by atoms with Crippen molar-refractivity contribution in [2.45, 2.75) is 39.4 Å². The van der Waals surface area contributed by atoms with Gasteiger partial charge in [0.1, 0.15) is 0 Å². The van der Waals surface area contributed by atoms with E-state index in [1.807, 2.05) is 23.6 Å². The van der Waals surface area contributed by atoms with Crippen LogP contribution in [0.2, 0.25) is 0 Å². The van der Waals surface area contributed by atoms with E-state index in [1.165, 1.54) is 0 Å². The molecule has 21 heavy (non-hydrogen) atoms. The van der Waals surface area contributed by atoms with E-state index in [-0.39, 0.29) is 36.5 Å². The van der Waals surface area contributed by atoms with Crippen LogP contribution in [0.1, 0.15) is 27.2 Å². The highest BCUT2D eigenvalue weighted by atomic mass is 16.5. The Morgan fingerprint density at radius 2 is 1.81 bits per heavy atom. The lowest BCUT2D eigenvalue weighted by Crippen LogP contribution is -2.43. The number of hydrogen-bond acceptors (Lipinski definition) is 4. The van der Waals surface area contributed by atoms with Gasteiger partial charge in [-0.1, -0.05) is 6.92 Å². The maximum absolute atomic E-state index is 12.8. The Labute approximate surface area is 126 Å². The number of carboxylic acid groups (broad SMARTS) is 1. The van der Waals surface area contributed by atoms with Crippen molar-refractivity contribution in [3.05, 3.63) is 0 Å². The highest BCUT2D eigenvalue weighted by Gasteiger charge is 2.43. The van der Waals surface area contributed by atoms with Gasteiger partial charge >= 0.3 is 5.97 Å². The smallest absolute Gasteiger partial charge is 0.317 e. The lowest BCUT2D eigenvalue weighted by Gasteiger charge is -2.27. The normalized spacial score (nSPS) is 34.7. The molecule has 4 unspecified atom stereocenters. The van der Waals surface area contributed by atoms with Crippen molar-refractivity contribution in [2.75, 3.05) is 32.7 Å². The third kappa shape index (κ3) is 3.74. The average Bonchev–Trinajstić information content (AvgIpc) is 2.57. The molecule has 6 nitrogen and oxygen atoms in total. The molecule has 2 rings (SSSR count). The Morgan fingerprint density at radius 3 is 2.38 bits per heavy atom. The van der Waals surface area contributed by atoms with Crippen LogP contribution < -0.4 is 0 Å². The van der Waals surface area contributed by atoms with Crippen LogP contribution in [-0.2, 0) is 14.3 Å². The molecule has 2 aliphatic rings. The van der Waals surface area contributed by atoms with Crippen molar-refractivity contribution >= 4 is 11.9 Å². The predicted molar refractivity (Wildman–Crippen MR) is 77.9 cm³/mol. The van der Waals surface area contributed by atoms with Crippen molar-refractivity contribution < 1.29 is 19.4 Å². The minimum Gasteiger partial charge on any atom is -0.480 e. The van der Waals surface area contributed by atoms with Crippen molar-refractivity contribution in [1.29, 1.82) is 0 Å². The third-order valence-corrected chi connectivity index (χ3v) is 4.79. The van der Waals surface area contributed by atoms with Crippen molar-refractivity contribution in [2.24, 2.45) is 11.8 Å². The van der Waals surface area contributed by atoms with E-state index in [0.717, 1.165) is 13.0 Å². The number of rotatable bonds is 3. The van der Waals surface area contributed by atoms with E-state index in [4.69, 9.17) is 9.84 Å². The van der Waals surface area contributed by atoms with Crippen LogP contribution in [0.25, 0.3) is 0 Å². The summed E-state index contributed by atoms with van der Waals surface area (Å²) >= 11 is 0. The Balaban J connectivity index is 1.95. The summed E-state index contributed by atoms with van der Waals surface area (Å²) in [5.41, 5.74) is 0. The highest BCUT2D eigenvalue weighted by molar-refractivity contribution is 5.80. The largest absolute Gasteiger partial charge is 0.480 e. The molecule has 6 heteroatoms. The van der Waals surface area contributed by atoms with Crippen molar-refractivity contribution in [3.8, 4) is 0 Å². The molecule has 4 atom stereocenters. The molecule has 0 bridgehead atoms. The van der Waals surface area contributed by atoms with Crippen LogP contribution in [0.5, 0.6) is 0 Å². The molecule has 0 aromatic rings. The van der Waals surface area contributed by atoms with Crippen LogP contribution in [0.3, 0.4) is 0 Å². The second-order valence-electron chi connectivity index (χ2n) is 6.28. The van der Waals surface area contributed by atoms with E-state index in [0.29, 0.717) is 19.6 Å². The Morgan fingerprint density at radius 1 is 1.10 bits per heavy atom. The molecule has 1 amide bonds. The first-order valence-electron chi connectivity index (χ1n) is 7.78. The molecule has 0 saturated carbocycles. The molecule has 0 radical (unpaired) electrons. The summed E-state index contributed by atoms with van der Waals surface area (Å²) in [6, 6.07) is 0. The van der Waals surface area contributed by atoms with Crippen LogP contribution >= 0.6 is 0 Å². The van der Waals surface area contributed by atoms with Gasteiger partial charge in [0.15, 0.2) is 0 Å². The lowest BCUT2D eigenvalue weighted by molar-refractivity contribution is -0.138. The summed E-state index contributed by atoms with van der Waals surface area (Å²) in [5, 5.41) is 8.87. The highest BCUT2D eigenvalue weighted by Crippen LogP contribution is 2.33. The number of nitrogens with zero attached hydrogens (tertiary/aromatic N) is 2. The zero-order valence-corrected chi connectivity index (χ0v) is 13.1. The van der Waals surface area contributed by atoms with Gasteiger partial charge in [0, 0.05) is 26.2 Å². The van der Waals surface area contributed by atoms with Crippen molar-refractivity contribution in [3.63, 3.8) is 0 Å². The van der Waals surface area contributed by atoms with E-state index in [1.54, 1.807) is 0 Å². The molecule has 2 aliphatic heterocycles. The number of carboxylic acids is 1. The number of aliphatic carboxylic acids is 1. The van der Waals surface area contributed by atoms with Gasteiger partial charge in [-0.3, -0.25) is 14.5 Å². The fraction of sp³-hybridized carbons (Fsp3) is 0.867. The standard InChI is InChI=1S/C15H26N2O4/c1-10-11(2)21-12(3)14(10)15(20)17-6-4-5-16(7-8-17)9-13(18)19/h10-12,14H,4-9H2,1-3H3,(H,18,19). The monoisotopic (exact) mass is 298 g/mol. The van der Waals surface area contributed by atoms with Crippen LogP contribution in [0, 0.1) is 11.8 Å². The SMILES string of the molecule is CC1OC(C)C(C(=O)N2CCCN(CC(=O)O)CC2)C1C. The molecule has 2 saturated heterocycles. The Hall–Kier alpha value is -1.14. The third-order valence-electron chi connectivity index (χ3n) is 4.79. The molecule has 1 N–H and O–H groups in total. The first-order chi connectivity index (χ1) is 9.90. The van der Waals surface area contributed by atoms with Gasteiger partial charge in [-0.15, -0.1) is 0 Å². The minimum absolute atomic E-state index is 0.0409. The van der Waals surface area contributed by atoms with E-state index < -0.39 is 5.97 Å². The van der Waals surface area contributed by atoms with Gasteiger partial charge in [0.2, 0.25) is 5.91 Å². The number of hydrogen-bond donors (Lipinski definition) is 1. The number of carbonyl (C=O) groups is 2. The summed E-state index contributed by atoms with van der Waals surface area (Å²) in [6.07, 6.45) is 0.899. The Bertz CT molecular complexity index is 401. The van der Waals surface area contributed by atoms with E-state index in [2.05, 4.69) is 6.92 Å². The summed E-state index contributed by atoms with van der Waals surface area (Å²) in [4.78, 5) is 27.3. The summed E-state index contributed by atoms with van der Waals surface area (Å²) in [7, 11) is 0. The molecular weight excluding hydrogens is 272 g/mol. The zero-order chi connectivity index (χ0) is 15.6. The van der Waals surface area contributed by atoms with Crippen molar-refractivity contribution in [1.82, 2.24) is 9.80 Å². The molecule has 0 aromatic heterocycles. The second-order valence-corrected chi connectivity index (χ2v) is 6.28. The van der Waals surface area contributed by atoms with Crippen LogP contribution in [0.4, 0.5) is 0 Å². The molecule has 120 valence electrons. The van der Waals surface area contributed by atoms with Gasteiger partial charge in [-0.25, -0.2) is 0 Å². The fourth-order valence-electron chi connectivity index (χ4n) is 3.44. The maximum atomic E-state index is 12.8. The zero-order valence-electron chi connectivity index (χ0n) is 13.1. The van der Waals surface area contributed by atoms with Gasteiger partial charge in [-0.05, 0) is 26.2 Å². The molecule has 2 fully saturated rings. The molecular formula is C15H26N2O4. The number of ether oxygens (including phenoxy) is 1. The number of amides is 1. The number of carbonyl (C=O) groups excluding carboxylic acids is 1.